The summed E-state index contributed by atoms with van der Waals surface area (Å²) in [5.74, 6) is -13.1. The maximum Gasteiger partial charge on any atom is 0.338 e. The highest BCUT2D eigenvalue weighted by Gasteiger charge is 2.81. The topological polar surface area (TPSA) is 421 Å². The molecule has 2 aliphatic heterocycles. The summed E-state index contributed by atoms with van der Waals surface area (Å²) in [6, 6.07) is 35.3. The van der Waals surface area contributed by atoms with Crippen LogP contribution in [0.1, 0.15) is 222 Å². The lowest BCUT2D eigenvalue weighted by Gasteiger charge is -2.68. The molecule has 12 rings (SSSR count). The van der Waals surface area contributed by atoms with Gasteiger partial charge in [-0.3, -0.25) is 38.4 Å². The van der Waals surface area contributed by atoms with Crippen LogP contribution in [-0.4, -0.2) is 217 Å². The summed E-state index contributed by atoms with van der Waals surface area (Å²) in [4.78, 5) is 170. The Balaban J connectivity index is 0.000000260. The average Bonchev–Trinajstić information content (AvgIpc) is 0.670. The lowest BCUT2D eigenvalue weighted by Crippen LogP contribution is -2.82. The number of amides is 2. The van der Waals surface area contributed by atoms with Gasteiger partial charge >= 0.3 is 47.8 Å². The zero-order valence-corrected chi connectivity index (χ0v) is 82.0. The minimum atomic E-state index is -2.70. The fraction of sp³-hybridized carbons (Fsp3) is 0.600. The van der Waals surface area contributed by atoms with E-state index >= 15 is 14.4 Å². The maximum atomic E-state index is 16.5. The third-order valence-corrected chi connectivity index (χ3v) is 39.8. The molecule has 132 heavy (non-hydrogen) atoms. The predicted octanol–water partition coefficient (Wildman–Crippen LogP) is 12.2. The van der Waals surface area contributed by atoms with E-state index in [0.29, 0.717) is 53.0 Å². The first-order valence-electron chi connectivity index (χ1n) is 46.2. The highest BCUT2D eigenvalue weighted by atomic mass is 28.4. The van der Waals surface area contributed by atoms with E-state index in [1.165, 1.54) is 39.8 Å². The monoisotopic (exact) mass is 1870 g/mol. The van der Waals surface area contributed by atoms with Gasteiger partial charge in [-0.25, -0.2) is 19.2 Å². The molecule has 22 atom stereocenters. The minimum Gasteiger partial charge on any atom is -0.456 e. The fourth-order valence-electron chi connectivity index (χ4n) is 22.2. The Morgan fingerprint density at radius 2 is 0.826 bits per heavy atom. The largest absolute Gasteiger partial charge is 0.456 e. The highest BCUT2D eigenvalue weighted by Crippen LogP contribution is 2.68. The number of nitrogens with one attached hydrogen (secondary N) is 2. The van der Waals surface area contributed by atoms with Gasteiger partial charge in [-0.1, -0.05) is 194 Å². The maximum absolute atomic E-state index is 16.5. The summed E-state index contributed by atoms with van der Waals surface area (Å²) in [6.45, 7) is 36.1. The highest BCUT2D eigenvalue weighted by molar-refractivity contribution is 6.74. The van der Waals surface area contributed by atoms with Crippen molar-refractivity contribution in [2.24, 2.45) is 45.3 Å². The van der Waals surface area contributed by atoms with Gasteiger partial charge in [-0.15, -0.1) is 0 Å². The van der Waals surface area contributed by atoms with Crippen molar-refractivity contribution in [3.05, 3.63) is 166 Å². The number of fused-ring (bicyclic) bond motifs is 10. The van der Waals surface area contributed by atoms with Crippen LogP contribution >= 0.6 is 0 Å². The summed E-state index contributed by atoms with van der Waals surface area (Å²) in [7, 11) is -5.34. The molecule has 8 aliphatic rings. The lowest BCUT2D eigenvalue weighted by molar-refractivity contribution is -0.346. The number of ketones is 2. The molecule has 4 aromatic rings. The van der Waals surface area contributed by atoms with Crippen LogP contribution in [0.3, 0.4) is 0 Å². The van der Waals surface area contributed by atoms with Gasteiger partial charge < -0.3 is 87.3 Å². The lowest BCUT2D eigenvalue weighted by atomic mass is 9.44. The van der Waals surface area contributed by atoms with E-state index in [2.05, 4.69) is 31.4 Å². The number of benzene rings is 4. The van der Waals surface area contributed by atoms with Gasteiger partial charge in [-0.05, 0) is 122 Å². The molecule has 0 aromatic heterocycles. The molecule has 32 heteroatoms. The molecule has 720 valence electrons. The molecular formula is C100H134N2O28Si2. The van der Waals surface area contributed by atoms with Crippen LogP contribution in [0.2, 0.25) is 36.3 Å². The van der Waals surface area contributed by atoms with Gasteiger partial charge in [0.25, 0.3) is 0 Å². The van der Waals surface area contributed by atoms with Gasteiger partial charge in [-0.2, -0.15) is 0 Å². The Labute approximate surface area is 775 Å². The molecule has 4 aromatic carbocycles. The van der Waals surface area contributed by atoms with Crippen molar-refractivity contribution in [3.63, 3.8) is 0 Å². The molecular weight excluding hydrogens is 1730 g/mol. The van der Waals surface area contributed by atoms with Crippen LogP contribution in [0.4, 0.5) is 0 Å². The van der Waals surface area contributed by atoms with Crippen LogP contribution in [0.15, 0.2) is 144 Å². The van der Waals surface area contributed by atoms with Gasteiger partial charge in [0.05, 0.1) is 71.3 Å². The van der Waals surface area contributed by atoms with E-state index in [1.54, 1.807) is 148 Å². The Bertz CT molecular complexity index is 5020. The molecule has 6 N–H and O–H groups in total. The molecule has 6 fully saturated rings. The number of rotatable bonds is 30. The van der Waals surface area contributed by atoms with Crippen LogP contribution < -0.4 is 10.6 Å². The van der Waals surface area contributed by atoms with Crippen molar-refractivity contribution in [2.45, 2.75) is 322 Å². The van der Waals surface area contributed by atoms with Gasteiger partial charge in [0.15, 0.2) is 63.8 Å². The molecule has 0 radical (unpaired) electrons. The van der Waals surface area contributed by atoms with Crippen LogP contribution in [0, 0.1) is 45.3 Å². The standard InChI is InChI=1S/C56H81NO14Si2.C44H53NO14/c1-15-72(16-2,17-3)70-41-31-42-55(33-65-42,69-37(11)59)47-49(68-51(62)39-29-25-22-26-30-39)56(64)32-40(35(9)43(53(56,12)13)45(66-36(10)58)48(60)54(41,47)14)67-52(63)46(71-73(18-4,19-5)20-6)44(57-50(61)34(7)8)38-27-23-21-24-28-38;1-22(2)38(51)45-32(26-15-11-9-12-16-26)33(49)40(53)57-28-20-44(54)37(58-39(52)27-17-13-10-14-18-27)35-42(8,29(48)19-30-43(35,21-55-30)59-25(5)47)36(50)34(56-24(4)46)31(23(28)3)41(44,6)7/h21-30,34,40-42,44-47,49,64H,15-20,31-33H2,1-14H3,(H,57,61);9-18,22,28-30,32-35,37,48-49,54H,19-21H2,1-8H3,(H,45,51)/t40-,41-,42+,44-,45+,46-,47-,49-,54+,55-,56+;28-,29-,30+,32-,33+,34+,35-,37-,42+,43-,44+/m00/s1. The summed E-state index contributed by atoms with van der Waals surface area (Å²) >= 11 is 0. The molecule has 2 amide bonds. The van der Waals surface area contributed by atoms with E-state index in [4.69, 9.17) is 56.2 Å². The average molecular weight is 1870 g/mol. The molecule has 2 heterocycles. The molecule has 4 saturated carbocycles. The van der Waals surface area contributed by atoms with E-state index in [9.17, 15) is 63.6 Å². The summed E-state index contributed by atoms with van der Waals surface area (Å²) in [5, 5.41) is 57.4. The number of hydrogen-bond donors (Lipinski definition) is 6. The van der Waals surface area contributed by atoms with Crippen LogP contribution in [0.5, 0.6) is 0 Å². The fourth-order valence-corrected chi connectivity index (χ4v) is 27.9. The SMILES string of the molecule is CC(=O)O[C@H]1C(=O)[C@@]2(C)[C@H]([C@H](OC(=O)c3ccccc3)[C@]3(O)C[C@H](OC(=O)[C@H](O)[C@@H](NC(=O)C(C)C)c4ccccc4)C(C)=C1C3(C)C)[C@]1(OC(C)=O)CO[C@@H]1C[C@@H]2O.CC[Si](CC)(CC)O[C@H](C(=O)O[C@H]1C[C@@]2(O)[C@@H](OC(=O)c3ccccc3)[C@@H]3[C@]4(OC(C)=O)CO[C@@H]4C[C@H](O[Si](CC)(CC)CC)[C@@]3(C)C(=O)[C@H](OC(C)=O)C(=C1C)C2(C)C)[C@@H](NC(=O)C(C)C)c1ccccc1. The number of Topliss-reactive ketones (excluding diaryl/α,β-unsaturated/α-hetero) is 2. The normalized spacial score (nSPS) is 31.1. The number of hydrogen-bond acceptors (Lipinski definition) is 28. The molecule has 0 unspecified atom stereocenters. The molecule has 0 spiro atoms. The van der Waals surface area contributed by atoms with Crippen molar-refractivity contribution in [3.8, 4) is 0 Å². The number of aliphatic hydroxyl groups is 4. The summed E-state index contributed by atoms with van der Waals surface area (Å²) in [5.41, 5.74) is -13.3. The number of esters is 8. The second-order valence-corrected chi connectivity index (χ2v) is 48.5. The van der Waals surface area contributed by atoms with Crippen LogP contribution in [0.25, 0.3) is 0 Å². The van der Waals surface area contributed by atoms with Gasteiger partial charge in [0.2, 0.25) is 11.8 Å². The van der Waals surface area contributed by atoms with Gasteiger partial charge in [0.1, 0.15) is 47.8 Å². The Morgan fingerprint density at radius 3 is 1.19 bits per heavy atom. The van der Waals surface area contributed by atoms with E-state index in [0.717, 1.165) is 13.8 Å². The quantitative estimate of drug-likeness (QED) is 0.0122. The Morgan fingerprint density at radius 1 is 0.470 bits per heavy atom. The zero-order valence-electron chi connectivity index (χ0n) is 80.0. The molecule has 4 bridgehead atoms. The van der Waals surface area contributed by atoms with Gasteiger partial charge in [0, 0.05) is 76.0 Å². The van der Waals surface area contributed by atoms with Crippen molar-refractivity contribution < 1.29 is 134 Å². The Kier molecular flexibility index (Phi) is 31.1. The van der Waals surface area contributed by atoms with Crippen molar-refractivity contribution in [1.29, 1.82) is 0 Å². The first-order chi connectivity index (χ1) is 62.0. The third kappa shape index (κ3) is 18.6. The summed E-state index contributed by atoms with van der Waals surface area (Å²) in [6.07, 6.45) is -18.7. The molecule has 2 saturated heterocycles. The second kappa shape index (κ2) is 39.8. The second-order valence-electron chi connectivity index (χ2n) is 39.0. The zero-order chi connectivity index (χ0) is 97.5. The number of aliphatic hydroxyl groups excluding tert-OH is 2. The molecule has 6 aliphatic carbocycles. The van der Waals surface area contributed by atoms with Crippen molar-refractivity contribution in [2.75, 3.05) is 13.2 Å². The van der Waals surface area contributed by atoms with E-state index in [1.807, 2.05) is 51.1 Å². The smallest absolute Gasteiger partial charge is 0.338 e. The Hall–Kier alpha value is -9.49. The van der Waals surface area contributed by atoms with E-state index < -0.39 is 248 Å². The molecule has 30 nitrogen and oxygen atoms in total. The number of ether oxygens (including phenoxy) is 10. The first kappa shape index (κ1) is 103. The first-order valence-corrected chi connectivity index (χ1v) is 51.3. The summed E-state index contributed by atoms with van der Waals surface area (Å²) < 4.78 is 77.1. The predicted molar refractivity (Wildman–Crippen MR) is 486 cm³/mol. The third-order valence-electron chi connectivity index (χ3n) is 30.5. The van der Waals surface area contributed by atoms with E-state index in [-0.39, 0.29) is 59.8 Å². The van der Waals surface area contributed by atoms with Crippen molar-refractivity contribution >= 4 is 87.8 Å². The number of carbonyl (C=O) groups is 12. The van der Waals surface area contributed by atoms with Crippen LogP contribution in [-0.2, 0) is 104 Å². The van der Waals surface area contributed by atoms with Crippen molar-refractivity contribution in [1.82, 2.24) is 10.6 Å². The minimum absolute atomic E-state index is 0.00705. The number of carbonyl (C=O) groups excluding carboxylic acids is 12.